The van der Waals surface area contributed by atoms with Crippen LogP contribution in [0, 0.1) is 0 Å². The number of sulfonamides is 1. The second-order valence-electron chi connectivity index (χ2n) is 8.68. The van der Waals surface area contributed by atoms with Crippen LogP contribution in [0.25, 0.3) is 0 Å². The van der Waals surface area contributed by atoms with Gasteiger partial charge in [0.25, 0.3) is 0 Å². The predicted molar refractivity (Wildman–Crippen MR) is 153 cm³/mol. The van der Waals surface area contributed by atoms with Crippen LogP contribution in [0.1, 0.15) is 18.1 Å². The Kier molecular flexibility index (Phi) is 9.59. The van der Waals surface area contributed by atoms with Crippen LogP contribution in [0.5, 0.6) is 11.5 Å². The minimum atomic E-state index is -4.17. The minimum absolute atomic E-state index is 0.134. The average Bonchev–Trinajstić information content (AvgIpc) is 2.94. The molecule has 0 aliphatic carbocycles. The Morgan fingerprint density at radius 3 is 2.13 bits per heavy atom. The fourth-order valence-corrected chi connectivity index (χ4v) is 5.46. The van der Waals surface area contributed by atoms with E-state index < -0.39 is 22.0 Å². The first-order valence-corrected chi connectivity index (χ1v) is 14.3. The third-order valence-electron chi connectivity index (χ3n) is 5.76. The van der Waals surface area contributed by atoms with Gasteiger partial charge in [-0.3, -0.25) is 4.79 Å². The van der Waals surface area contributed by atoms with Crippen molar-refractivity contribution in [2.45, 2.75) is 30.9 Å². The van der Waals surface area contributed by atoms with E-state index >= 15 is 0 Å². The summed E-state index contributed by atoms with van der Waals surface area (Å²) in [6, 6.07) is 29.1. The summed E-state index contributed by atoms with van der Waals surface area (Å²) in [6.45, 7) is 2.44. The quantitative estimate of drug-likeness (QED) is 0.225. The van der Waals surface area contributed by atoms with E-state index in [4.69, 9.17) is 21.1 Å². The van der Waals surface area contributed by atoms with Crippen molar-refractivity contribution in [3.63, 3.8) is 0 Å². The molecule has 1 unspecified atom stereocenters. The summed E-state index contributed by atoms with van der Waals surface area (Å²) in [6.07, 6.45) is 0.134. The van der Waals surface area contributed by atoms with Gasteiger partial charge in [0.2, 0.25) is 15.9 Å². The summed E-state index contributed by atoms with van der Waals surface area (Å²) < 4.78 is 40.7. The van der Waals surface area contributed by atoms with Gasteiger partial charge in [-0.2, -0.15) is 4.72 Å². The standard InChI is InChI=1S/C30H29ClN2O5S/c1-2-37-28-18-13-24(31)20-29(28)39(35,36)33-27(19-22-9-5-3-6-10-22)30(34)32-25-14-16-26(17-15-25)38-21-23-11-7-4-8-12-23/h3-18,20,27,33H,2,19,21H2,1H3,(H,32,34). The molecule has 0 aliphatic heterocycles. The van der Waals surface area contributed by atoms with Crippen LogP contribution >= 0.6 is 11.6 Å². The number of amides is 1. The molecule has 0 spiro atoms. The Balaban J connectivity index is 1.51. The van der Waals surface area contributed by atoms with E-state index in [1.54, 1.807) is 37.3 Å². The Morgan fingerprint density at radius 2 is 1.49 bits per heavy atom. The summed E-state index contributed by atoms with van der Waals surface area (Å²) in [4.78, 5) is 13.2. The molecular formula is C30H29ClN2O5S. The van der Waals surface area contributed by atoms with Gasteiger partial charge in [0.1, 0.15) is 29.0 Å². The number of hydrogen-bond donors (Lipinski definition) is 2. The maximum absolute atomic E-state index is 13.4. The number of nitrogens with one attached hydrogen (secondary N) is 2. The van der Waals surface area contributed by atoms with E-state index in [2.05, 4.69) is 10.0 Å². The molecule has 4 aromatic rings. The van der Waals surface area contributed by atoms with Gasteiger partial charge in [0.15, 0.2) is 0 Å². The van der Waals surface area contributed by atoms with Crippen molar-refractivity contribution in [2.75, 3.05) is 11.9 Å². The third kappa shape index (κ3) is 8.07. The third-order valence-corrected chi connectivity index (χ3v) is 7.49. The molecule has 0 fully saturated rings. The molecule has 0 saturated heterocycles. The monoisotopic (exact) mass is 564 g/mol. The molecular weight excluding hydrogens is 536 g/mol. The lowest BCUT2D eigenvalue weighted by molar-refractivity contribution is -0.117. The maximum Gasteiger partial charge on any atom is 0.245 e. The van der Waals surface area contributed by atoms with E-state index in [9.17, 15) is 13.2 Å². The molecule has 39 heavy (non-hydrogen) atoms. The van der Waals surface area contributed by atoms with E-state index in [1.807, 2.05) is 60.7 Å². The SMILES string of the molecule is CCOc1ccc(Cl)cc1S(=O)(=O)NC(Cc1ccccc1)C(=O)Nc1ccc(OCc2ccccc2)cc1. The summed E-state index contributed by atoms with van der Waals surface area (Å²) >= 11 is 6.09. The molecule has 4 rings (SSSR count). The van der Waals surface area contributed by atoms with Crippen molar-refractivity contribution in [2.24, 2.45) is 0 Å². The number of carbonyl (C=O) groups excluding carboxylic acids is 1. The normalized spacial score (nSPS) is 11.9. The lowest BCUT2D eigenvalue weighted by atomic mass is 10.1. The molecule has 0 radical (unpaired) electrons. The molecule has 7 nitrogen and oxygen atoms in total. The minimum Gasteiger partial charge on any atom is -0.492 e. The second-order valence-corrected chi connectivity index (χ2v) is 10.8. The van der Waals surface area contributed by atoms with Crippen LogP contribution in [0.3, 0.4) is 0 Å². The summed E-state index contributed by atoms with van der Waals surface area (Å²) in [5, 5.41) is 3.04. The largest absolute Gasteiger partial charge is 0.492 e. The van der Waals surface area contributed by atoms with Gasteiger partial charge >= 0.3 is 0 Å². The van der Waals surface area contributed by atoms with E-state index in [0.29, 0.717) is 18.0 Å². The highest BCUT2D eigenvalue weighted by Gasteiger charge is 2.29. The zero-order valence-corrected chi connectivity index (χ0v) is 22.9. The lowest BCUT2D eigenvalue weighted by Crippen LogP contribution is -2.45. The van der Waals surface area contributed by atoms with Gasteiger partial charge in [-0.05, 0) is 66.9 Å². The zero-order valence-electron chi connectivity index (χ0n) is 21.3. The van der Waals surface area contributed by atoms with Crippen LogP contribution in [0.4, 0.5) is 5.69 Å². The highest BCUT2D eigenvalue weighted by Crippen LogP contribution is 2.28. The highest BCUT2D eigenvalue weighted by atomic mass is 35.5. The molecule has 0 bridgehead atoms. The lowest BCUT2D eigenvalue weighted by Gasteiger charge is -2.20. The van der Waals surface area contributed by atoms with Gasteiger partial charge < -0.3 is 14.8 Å². The first-order chi connectivity index (χ1) is 18.8. The van der Waals surface area contributed by atoms with Crippen molar-refractivity contribution in [3.8, 4) is 11.5 Å². The van der Waals surface area contributed by atoms with E-state index in [0.717, 1.165) is 11.1 Å². The summed E-state index contributed by atoms with van der Waals surface area (Å²) in [5.74, 6) is 0.280. The van der Waals surface area contributed by atoms with Gasteiger partial charge in [0, 0.05) is 10.7 Å². The predicted octanol–water partition coefficient (Wildman–Crippen LogP) is 5.85. The van der Waals surface area contributed by atoms with Crippen molar-refractivity contribution < 1.29 is 22.7 Å². The van der Waals surface area contributed by atoms with Crippen molar-refractivity contribution in [1.82, 2.24) is 4.72 Å². The van der Waals surface area contributed by atoms with Crippen LogP contribution in [0.2, 0.25) is 5.02 Å². The molecule has 4 aromatic carbocycles. The van der Waals surface area contributed by atoms with Crippen molar-refractivity contribution >= 4 is 33.2 Å². The number of rotatable bonds is 12. The molecule has 1 atom stereocenters. The number of halogens is 1. The number of carbonyl (C=O) groups is 1. The summed E-state index contributed by atoms with van der Waals surface area (Å²) in [7, 11) is -4.17. The first kappa shape index (κ1) is 28.2. The first-order valence-electron chi connectivity index (χ1n) is 12.4. The molecule has 0 saturated carbocycles. The molecule has 0 aliphatic rings. The molecule has 2 N–H and O–H groups in total. The zero-order chi connectivity index (χ0) is 27.7. The Morgan fingerprint density at radius 1 is 0.846 bits per heavy atom. The Hall–Kier alpha value is -3.85. The smallest absolute Gasteiger partial charge is 0.245 e. The molecule has 0 heterocycles. The van der Waals surface area contributed by atoms with Crippen LogP contribution in [0.15, 0.2) is 108 Å². The number of anilines is 1. The highest BCUT2D eigenvalue weighted by molar-refractivity contribution is 7.89. The second kappa shape index (κ2) is 13.3. The van der Waals surface area contributed by atoms with Gasteiger partial charge in [-0.25, -0.2) is 8.42 Å². The number of ether oxygens (including phenoxy) is 2. The number of benzene rings is 4. The fourth-order valence-electron chi connectivity index (χ4n) is 3.86. The number of hydrogen-bond acceptors (Lipinski definition) is 5. The maximum atomic E-state index is 13.4. The van der Waals surface area contributed by atoms with Gasteiger partial charge in [-0.15, -0.1) is 0 Å². The van der Waals surface area contributed by atoms with E-state index in [1.165, 1.54) is 12.1 Å². The van der Waals surface area contributed by atoms with Crippen LogP contribution in [-0.4, -0.2) is 27.0 Å². The molecule has 202 valence electrons. The Bertz CT molecular complexity index is 1480. The van der Waals surface area contributed by atoms with E-state index in [-0.39, 0.29) is 28.7 Å². The van der Waals surface area contributed by atoms with Crippen LogP contribution in [-0.2, 0) is 27.8 Å². The fraction of sp³-hybridized carbons (Fsp3) is 0.167. The molecule has 9 heteroatoms. The van der Waals surface area contributed by atoms with Crippen molar-refractivity contribution in [1.29, 1.82) is 0 Å². The van der Waals surface area contributed by atoms with Crippen molar-refractivity contribution in [3.05, 3.63) is 119 Å². The van der Waals surface area contributed by atoms with Gasteiger partial charge in [0.05, 0.1) is 6.61 Å². The molecule has 1 amide bonds. The summed E-state index contributed by atoms with van der Waals surface area (Å²) in [5.41, 5.74) is 2.33. The average molecular weight is 565 g/mol. The topological polar surface area (TPSA) is 93.7 Å². The van der Waals surface area contributed by atoms with Gasteiger partial charge in [-0.1, -0.05) is 72.3 Å². The molecule has 0 aromatic heterocycles. The Labute approximate surface area is 233 Å². The van der Waals surface area contributed by atoms with Crippen LogP contribution < -0.4 is 19.5 Å².